The Morgan fingerprint density at radius 3 is 2.73 bits per heavy atom. The van der Waals surface area contributed by atoms with Gasteiger partial charge in [-0.2, -0.15) is 0 Å². The molecule has 0 fully saturated rings. The third kappa shape index (κ3) is 4.02. The first-order valence-electron chi connectivity index (χ1n) is 9.06. The maximum Gasteiger partial charge on any atom is 0.154 e. The number of benzene rings is 1. The number of aliphatic hydroxyl groups is 1. The highest BCUT2D eigenvalue weighted by molar-refractivity contribution is 5.86. The van der Waals surface area contributed by atoms with E-state index >= 15 is 0 Å². The molecule has 0 aliphatic carbocycles. The Balaban J connectivity index is 1.99. The first-order chi connectivity index (χ1) is 12.6. The first-order valence-corrected chi connectivity index (χ1v) is 9.06. The van der Waals surface area contributed by atoms with Gasteiger partial charge in [-0.25, -0.2) is 14.4 Å². The van der Waals surface area contributed by atoms with Gasteiger partial charge >= 0.3 is 0 Å². The van der Waals surface area contributed by atoms with E-state index in [1.54, 1.807) is 12.1 Å². The number of nitrogens with one attached hydrogen (secondary N) is 1. The number of hydrogen-bond acceptors (Lipinski definition) is 4. The van der Waals surface area contributed by atoms with Crippen molar-refractivity contribution in [2.24, 2.45) is 0 Å². The summed E-state index contributed by atoms with van der Waals surface area (Å²) in [5.74, 6) is 1.20. The Hall–Kier alpha value is -2.47. The molecule has 0 amide bonds. The fraction of sp³-hybridized carbons (Fsp3) is 0.400. The molecule has 138 valence electrons. The lowest BCUT2D eigenvalue weighted by Gasteiger charge is -2.19. The first kappa shape index (κ1) is 18.3. The fourth-order valence-electron chi connectivity index (χ4n) is 3.25. The number of anilines is 1. The van der Waals surface area contributed by atoms with Crippen LogP contribution in [0.15, 0.2) is 36.5 Å². The number of aliphatic hydroxyl groups excluding tert-OH is 1. The Morgan fingerprint density at radius 2 is 2.00 bits per heavy atom. The fourth-order valence-corrected chi connectivity index (χ4v) is 3.25. The van der Waals surface area contributed by atoms with Crippen LogP contribution in [0.5, 0.6) is 0 Å². The molecule has 3 rings (SSSR count). The van der Waals surface area contributed by atoms with Crippen molar-refractivity contribution in [3.63, 3.8) is 0 Å². The molecule has 5 nitrogen and oxygen atoms in total. The number of fused-ring (bicyclic) bond motifs is 1. The molecule has 2 heterocycles. The molecule has 2 aromatic heterocycles. The zero-order valence-electron chi connectivity index (χ0n) is 15.2. The third-order valence-electron chi connectivity index (χ3n) is 4.48. The molecule has 0 aliphatic heterocycles. The van der Waals surface area contributed by atoms with Gasteiger partial charge in [0.2, 0.25) is 0 Å². The van der Waals surface area contributed by atoms with Crippen LogP contribution in [0.25, 0.3) is 11.0 Å². The summed E-state index contributed by atoms with van der Waals surface area (Å²) in [7, 11) is 0. The standard InChI is InChI=1S/C20H25FN4O/c1-3-6-16(10-12-26)24-20-19-18(22-14(2)23-20)9-11-25(19)13-15-7-4-5-8-17(15)21/h4-5,7-9,11,16,26H,3,6,10,12-13H2,1-2H3,(H,22,23,24). The second-order valence-electron chi connectivity index (χ2n) is 6.53. The van der Waals surface area contributed by atoms with Crippen LogP contribution in [0.1, 0.15) is 37.6 Å². The molecule has 1 unspecified atom stereocenters. The minimum atomic E-state index is -0.221. The summed E-state index contributed by atoms with van der Waals surface area (Å²) in [6.07, 6.45) is 4.53. The molecular weight excluding hydrogens is 331 g/mol. The molecule has 3 aromatic rings. The second kappa shape index (κ2) is 8.27. The zero-order chi connectivity index (χ0) is 18.5. The van der Waals surface area contributed by atoms with E-state index in [4.69, 9.17) is 0 Å². The number of hydrogen-bond donors (Lipinski definition) is 2. The number of nitrogens with zero attached hydrogens (tertiary/aromatic N) is 3. The zero-order valence-corrected chi connectivity index (χ0v) is 15.2. The van der Waals surface area contributed by atoms with Gasteiger partial charge in [0, 0.05) is 24.4 Å². The van der Waals surface area contributed by atoms with Gasteiger partial charge in [0.05, 0.1) is 12.1 Å². The third-order valence-corrected chi connectivity index (χ3v) is 4.48. The maximum atomic E-state index is 14.1. The Kier molecular flexibility index (Phi) is 5.83. The van der Waals surface area contributed by atoms with Crippen molar-refractivity contribution in [1.29, 1.82) is 0 Å². The summed E-state index contributed by atoms with van der Waals surface area (Å²) in [4.78, 5) is 9.09. The van der Waals surface area contributed by atoms with Gasteiger partial charge in [0.25, 0.3) is 0 Å². The SMILES string of the molecule is CCCC(CCO)Nc1nc(C)nc2ccn(Cc3ccccc3F)c12. The van der Waals surface area contributed by atoms with Gasteiger partial charge < -0.3 is 15.0 Å². The predicted octanol–water partition coefficient (Wildman–Crippen LogP) is 3.89. The van der Waals surface area contributed by atoms with E-state index in [0.717, 1.165) is 29.7 Å². The lowest BCUT2D eigenvalue weighted by atomic mass is 10.1. The van der Waals surface area contributed by atoms with Gasteiger partial charge in [-0.15, -0.1) is 0 Å². The highest BCUT2D eigenvalue weighted by atomic mass is 19.1. The highest BCUT2D eigenvalue weighted by Crippen LogP contribution is 2.25. The molecule has 0 radical (unpaired) electrons. The van der Waals surface area contributed by atoms with Crippen LogP contribution < -0.4 is 5.32 Å². The summed E-state index contributed by atoms with van der Waals surface area (Å²) in [6, 6.07) is 8.85. The van der Waals surface area contributed by atoms with Crippen LogP contribution in [0.4, 0.5) is 10.2 Å². The molecule has 0 saturated heterocycles. The van der Waals surface area contributed by atoms with Crippen molar-refractivity contribution < 1.29 is 9.50 Å². The molecule has 1 atom stereocenters. The van der Waals surface area contributed by atoms with Gasteiger partial charge in [-0.3, -0.25) is 0 Å². The molecular formula is C20H25FN4O. The number of aryl methyl sites for hydroxylation is 1. The van der Waals surface area contributed by atoms with Crippen LogP contribution in [-0.2, 0) is 6.54 Å². The average molecular weight is 356 g/mol. The number of halogens is 1. The molecule has 0 aliphatic rings. The Bertz CT molecular complexity index is 871. The van der Waals surface area contributed by atoms with Crippen LogP contribution in [0.3, 0.4) is 0 Å². The van der Waals surface area contributed by atoms with Gasteiger partial charge in [0.15, 0.2) is 5.82 Å². The molecule has 0 saturated carbocycles. The normalized spacial score (nSPS) is 12.5. The maximum absolute atomic E-state index is 14.1. The van der Waals surface area contributed by atoms with Crippen LogP contribution in [0.2, 0.25) is 0 Å². The van der Waals surface area contributed by atoms with Crippen molar-refractivity contribution in [1.82, 2.24) is 14.5 Å². The van der Waals surface area contributed by atoms with Crippen LogP contribution >= 0.6 is 0 Å². The van der Waals surface area contributed by atoms with Crippen molar-refractivity contribution in [2.75, 3.05) is 11.9 Å². The molecule has 0 spiro atoms. The second-order valence-corrected chi connectivity index (χ2v) is 6.53. The lowest BCUT2D eigenvalue weighted by molar-refractivity contribution is 0.276. The van der Waals surface area contributed by atoms with E-state index < -0.39 is 0 Å². The topological polar surface area (TPSA) is 63.0 Å². The average Bonchev–Trinajstić information content (AvgIpc) is 3.00. The van der Waals surface area contributed by atoms with E-state index in [-0.39, 0.29) is 18.5 Å². The number of rotatable bonds is 8. The highest BCUT2D eigenvalue weighted by Gasteiger charge is 2.15. The van der Waals surface area contributed by atoms with Crippen LogP contribution in [0, 0.1) is 12.7 Å². The molecule has 6 heteroatoms. The Labute approximate surface area is 152 Å². The van der Waals surface area contributed by atoms with Crippen molar-refractivity contribution in [3.05, 3.63) is 53.7 Å². The Morgan fingerprint density at radius 1 is 1.19 bits per heavy atom. The largest absolute Gasteiger partial charge is 0.396 e. The van der Waals surface area contributed by atoms with E-state index in [1.807, 2.05) is 29.8 Å². The summed E-state index contributed by atoms with van der Waals surface area (Å²) >= 11 is 0. The van der Waals surface area contributed by atoms with Crippen molar-refractivity contribution in [2.45, 2.75) is 45.7 Å². The smallest absolute Gasteiger partial charge is 0.154 e. The summed E-state index contributed by atoms with van der Waals surface area (Å²) in [5.41, 5.74) is 2.31. The number of aromatic nitrogens is 3. The van der Waals surface area contributed by atoms with Crippen molar-refractivity contribution in [3.8, 4) is 0 Å². The summed E-state index contributed by atoms with van der Waals surface area (Å²) in [5, 5.41) is 12.8. The monoisotopic (exact) mass is 356 g/mol. The quantitative estimate of drug-likeness (QED) is 0.643. The molecule has 26 heavy (non-hydrogen) atoms. The minimum Gasteiger partial charge on any atom is -0.396 e. The van der Waals surface area contributed by atoms with E-state index in [2.05, 4.69) is 22.2 Å². The summed E-state index contributed by atoms with van der Waals surface area (Å²) < 4.78 is 16.0. The molecule has 2 N–H and O–H groups in total. The van der Waals surface area contributed by atoms with Crippen LogP contribution in [-0.4, -0.2) is 32.3 Å². The van der Waals surface area contributed by atoms with Gasteiger partial charge in [0.1, 0.15) is 17.2 Å². The molecule has 1 aromatic carbocycles. The van der Waals surface area contributed by atoms with E-state index in [9.17, 15) is 9.50 Å². The van der Waals surface area contributed by atoms with Crippen molar-refractivity contribution >= 4 is 16.9 Å². The molecule has 0 bridgehead atoms. The summed E-state index contributed by atoms with van der Waals surface area (Å²) in [6.45, 7) is 4.52. The minimum absolute atomic E-state index is 0.126. The predicted molar refractivity (Wildman–Crippen MR) is 102 cm³/mol. The lowest BCUT2D eigenvalue weighted by Crippen LogP contribution is -2.22. The van der Waals surface area contributed by atoms with Gasteiger partial charge in [-0.05, 0) is 31.9 Å². The van der Waals surface area contributed by atoms with E-state index in [0.29, 0.717) is 24.4 Å². The van der Waals surface area contributed by atoms with Gasteiger partial charge in [-0.1, -0.05) is 31.5 Å². The van der Waals surface area contributed by atoms with E-state index in [1.165, 1.54) is 6.07 Å².